The highest BCUT2D eigenvalue weighted by Gasteiger charge is 2.51. The molecule has 1 fully saturated rings. The molecule has 152 valence electrons. The number of piperidine rings is 1. The third-order valence-corrected chi connectivity index (χ3v) is 5.64. The van der Waals surface area contributed by atoms with Gasteiger partial charge in [0, 0.05) is 43.6 Å². The fraction of sp³-hybridized carbons (Fsp3) is 0.524. The zero-order valence-corrected chi connectivity index (χ0v) is 17.1. The zero-order chi connectivity index (χ0) is 20.5. The summed E-state index contributed by atoms with van der Waals surface area (Å²) in [5, 5.41) is 2.89. The SMILES string of the molecule is COc1ccc(NC(=O)C2=C(C)C(=O)OC23CCN(C(C)C)CC3)c(OC)c1. The van der Waals surface area contributed by atoms with Crippen molar-refractivity contribution in [3.05, 3.63) is 29.3 Å². The largest absolute Gasteiger partial charge is 0.497 e. The molecule has 1 spiro atoms. The second-order valence-corrected chi connectivity index (χ2v) is 7.53. The molecular formula is C21H28N2O5. The first-order valence-electron chi connectivity index (χ1n) is 9.53. The summed E-state index contributed by atoms with van der Waals surface area (Å²) in [5.41, 5.74) is 0.473. The predicted octanol–water partition coefficient (Wildman–Crippen LogP) is 2.76. The van der Waals surface area contributed by atoms with E-state index in [1.54, 1.807) is 32.2 Å². The van der Waals surface area contributed by atoms with Gasteiger partial charge in [-0.1, -0.05) is 0 Å². The van der Waals surface area contributed by atoms with E-state index in [0.717, 1.165) is 13.1 Å². The molecule has 0 aromatic heterocycles. The quantitative estimate of drug-likeness (QED) is 0.782. The van der Waals surface area contributed by atoms with Gasteiger partial charge in [0.2, 0.25) is 0 Å². The smallest absolute Gasteiger partial charge is 0.335 e. The number of rotatable bonds is 5. The predicted molar refractivity (Wildman–Crippen MR) is 106 cm³/mol. The minimum absolute atomic E-state index is 0.329. The first-order chi connectivity index (χ1) is 13.3. The third-order valence-electron chi connectivity index (χ3n) is 5.64. The Balaban J connectivity index is 1.86. The Bertz CT molecular complexity index is 807. The van der Waals surface area contributed by atoms with Crippen LogP contribution < -0.4 is 14.8 Å². The maximum atomic E-state index is 13.2. The van der Waals surface area contributed by atoms with Crippen LogP contribution in [0.15, 0.2) is 29.3 Å². The molecule has 0 unspecified atom stereocenters. The van der Waals surface area contributed by atoms with E-state index >= 15 is 0 Å². The summed E-state index contributed by atoms with van der Waals surface area (Å²) in [7, 11) is 3.09. The van der Waals surface area contributed by atoms with Crippen LogP contribution in [-0.2, 0) is 14.3 Å². The molecule has 1 aromatic carbocycles. The summed E-state index contributed by atoms with van der Waals surface area (Å²) < 4.78 is 16.3. The number of nitrogens with zero attached hydrogens (tertiary/aromatic N) is 1. The summed E-state index contributed by atoms with van der Waals surface area (Å²) in [6.07, 6.45) is 1.22. The molecule has 7 nitrogen and oxygen atoms in total. The monoisotopic (exact) mass is 388 g/mol. The van der Waals surface area contributed by atoms with Gasteiger partial charge in [-0.3, -0.25) is 4.79 Å². The van der Waals surface area contributed by atoms with E-state index in [2.05, 4.69) is 24.1 Å². The number of nitrogens with one attached hydrogen (secondary N) is 1. The Labute approximate surface area is 165 Å². The number of anilines is 1. The van der Waals surface area contributed by atoms with Crippen molar-refractivity contribution in [3.63, 3.8) is 0 Å². The van der Waals surface area contributed by atoms with Gasteiger partial charge < -0.3 is 24.4 Å². The zero-order valence-electron chi connectivity index (χ0n) is 17.1. The Morgan fingerprint density at radius 3 is 2.46 bits per heavy atom. The van der Waals surface area contributed by atoms with Crippen LogP contribution in [0.3, 0.4) is 0 Å². The third kappa shape index (κ3) is 3.58. The number of likely N-dealkylation sites (tertiary alicyclic amines) is 1. The van der Waals surface area contributed by atoms with E-state index in [0.29, 0.717) is 47.2 Å². The summed E-state index contributed by atoms with van der Waals surface area (Å²) in [6, 6.07) is 5.58. The lowest BCUT2D eigenvalue weighted by Crippen LogP contribution is -2.49. The van der Waals surface area contributed by atoms with Crippen LogP contribution in [0.1, 0.15) is 33.6 Å². The molecule has 0 aliphatic carbocycles. The second-order valence-electron chi connectivity index (χ2n) is 7.53. The molecule has 0 atom stereocenters. The summed E-state index contributed by atoms with van der Waals surface area (Å²) in [5.74, 6) is 0.372. The molecular weight excluding hydrogens is 360 g/mol. The molecule has 0 bridgehead atoms. The van der Waals surface area contributed by atoms with Gasteiger partial charge >= 0.3 is 5.97 Å². The average Bonchev–Trinajstić information content (AvgIpc) is 2.92. The minimum Gasteiger partial charge on any atom is -0.497 e. The summed E-state index contributed by atoms with van der Waals surface area (Å²) >= 11 is 0. The van der Waals surface area contributed by atoms with E-state index in [-0.39, 0.29) is 5.91 Å². The van der Waals surface area contributed by atoms with Crippen molar-refractivity contribution in [2.75, 3.05) is 32.6 Å². The van der Waals surface area contributed by atoms with Crippen LogP contribution >= 0.6 is 0 Å². The van der Waals surface area contributed by atoms with E-state index in [1.807, 2.05) is 0 Å². The molecule has 1 N–H and O–H groups in total. The Kier molecular flexibility index (Phi) is 5.65. The lowest BCUT2D eigenvalue weighted by atomic mass is 9.82. The second kappa shape index (κ2) is 7.83. The van der Waals surface area contributed by atoms with E-state index < -0.39 is 11.6 Å². The van der Waals surface area contributed by atoms with Crippen molar-refractivity contribution < 1.29 is 23.8 Å². The highest BCUT2D eigenvalue weighted by atomic mass is 16.6. The Hall–Kier alpha value is -2.54. The molecule has 2 aliphatic rings. The fourth-order valence-electron chi connectivity index (χ4n) is 3.97. The first kappa shape index (κ1) is 20.2. The van der Waals surface area contributed by atoms with Gasteiger partial charge in [-0.25, -0.2) is 4.79 Å². The van der Waals surface area contributed by atoms with Crippen molar-refractivity contribution in [2.24, 2.45) is 0 Å². The molecule has 7 heteroatoms. The lowest BCUT2D eigenvalue weighted by Gasteiger charge is -2.40. The maximum absolute atomic E-state index is 13.2. The van der Waals surface area contributed by atoms with Gasteiger partial charge in [-0.2, -0.15) is 0 Å². The molecule has 1 aromatic rings. The van der Waals surface area contributed by atoms with E-state index in [4.69, 9.17) is 14.2 Å². The number of ether oxygens (including phenoxy) is 3. The molecule has 3 rings (SSSR count). The summed E-state index contributed by atoms with van der Waals surface area (Å²) in [6.45, 7) is 7.50. The Morgan fingerprint density at radius 1 is 1.21 bits per heavy atom. The van der Waals surface area contributed by atoms with Crippen molar-refractivity contribution in [1.82, 2.24) is 4.90 Å². The molecule has 2 aliphatic heterocycles. The van der Waals surface area contributed by atoms with Crippen LogP contribution in [0.25, 0.3) is 0 Å². The molecule has 28 heavy (non-hydrogen) atoms. The van der Waals surface area contributed by atoms with Gasteiger partial charge in [0.1, 0.15) is 17.1 Å². The minimum atomic E-state index is -0.851. The number of benzene rings is 1. The summed E-state index contributed by atoms with van der Waals surface area (Å²) in [4.78, 5) is 27.8. The van der Waals surface area contributed by atoms with Gasteiger partial charge in [-0.05, 0) is 32.9 Å². The average molecular weight is 388 g/mol. The number of amides is 1. The van der Waals surface area contributed by atoms with Crippen LogP contribution in [-0.4, -0.2) is 55.7 Å². The fourth-order valence-corrected chi connectivity index (χ4v) is 3.97. The van der Waals surface area contributed by atoms with Gasteiger partial charge in [0.15, 0.2) is 0 Å². The topological polar surface area (TPSA) is 77.1 Å². The van der Waals surface area contributed by atoms with E-state index in [1.165, 1.54) is 7.11 Å². The number of esters is 1. The number of methoxy groups -OCH3 is 2. The number of hydrogen-bond acceptors (Lipinski definition) is 6. The number of carbonyl (C=O) groups is 2. The number of hydrogen-bond donors (Lipinski definition) is 1. The highest BCUT2D eigenvalue weighted by Crippen LogP contribution is 2.42. The first-order valence-corrected chi connectivity index (χ1v) is 9.53. The van der Waals surface area contributed by atoms with Crippen molar-refractivity contribution in [1.29, 1.82) is 0 Å². The van der Waals surface area contributed by atoms with Crippen molar-refractivity contribution in [3.8, 4) is 11.5 Å². The molecule has 0 radical (unpaired) electrons. The van der Waals surface area contributed by atoms with Gasteiger partial charge in [0.25, 0.3) is 5.91 Å². The molecule has 1 amide bonds. The van der Waals surface area contributed by atoms with E-state index in [9.17, 15) is 9.59 Å². The standard InChI is InChI=1S/C21H28N2O5/c1-13(2)23-10-8-21(9-11-23)18(14(3)20(25)28-21)19(24)22-16-7-6-15(26-4)12-17(16)27-5/h6-7,12-13H,8-11H2,1-5H3,(H,22,24). The maximum Gasteiger partial charge on any atom is 0.335 e. The van der Waals surface area contributed by atoms with Crippen LogP contribution in [0.2, 0.25) is 0 Å². The highest BCUT2D eigenvalue weighted by molar-refractivity contribution is 6.13. The molecule has 1 saturated heterocycles. The van der Waals surface area contributed by atoms with Gasteiger partial charge in [0.05, 0.1) is 25.5 Å². The van der Waals surface area contributed by atoms with Crippen molar-refractivity contribution >= 4 is 17.6 Å². The van der Waals surface area contributed by atoms with Gasteiger partial charge in [-0.15, -0.1) is 0 Å². The van der Waals surface area contributed by atoms with Crippen LogP contribution in [0, 0.1) is 0 Å². The number of carbonyl (C=O) groups excluding carboxylic acids is 2. The van der Waals surface area contributed by atoms with Crippen molar-refractivity contribution in [2.45, 2.75) is 45.3 Å². The lowest BCUT2D eigenvalue weighted by molar-refractivity contribution is -0.151. The van der Waals surface area contributed by atoms with Crippen LogP contribution in [0.5, 0.6) is 11.5 Å². The van der Waals surface area contributed by atoms with Crippen LogP contribution in [0.4, 0.5) is 5.69 Å². The molecule has 0 saturated carbocycles. The molecule has 2 heterocycles. The normalized spacial score (nSPS) is 19.1. The Morgan fingerprint density at radius 2 is 1.89 bits per heavy atom.